The Hall–Kier alpha value is -2.54. The molecule has 0 aliphatic carbocycles. The molecule has 7 heteroatoms. The number of nitrogens with zero attached hydrogens (tertiary/aromatic N) is 2. The summed E-state index contributed by atoms with van der Waals surface area (Å²) in [5.74, 6) is 0.540. The van der Waals surface area contributed by atoms with Crippen molar-refractivity contribution in [2.75, 3.05) is 40.4 Å². The number of carbonyl (C=O) groups excluding carboxylic acids is 1. The van der Waals surface area contributed by atoms with E-state index in [9.17, 15) is 4.79 Å². The van der Waals surface area contributed by atoms with Crippen molar-refractivity contribution in [1.29, 1.82) is 0 Å². The van der Waals surface area contributed by atoms with Crippen LogP contribution in [0.15, 0.2) is 41.5 Å². The Kier molecular flexibility index (Phi) is 7.78. The minimum Gasteiger partial charge on any atom is -0.383 e. The van der Waals surface area contributed by atoms with Gasteiger partial charge in [0.25, 0.3) is 0 Å². The van der Waals surface area contributed by atoms with Gasteiger partial charge in [-0.15, -0.1) is 0 Å². The van der Waals surface area contributed by atoms with Crippen LogP contribution in [0.25, 0.3) is 10.9 Å². The van der Waals surface area contributed by atoms with Gasteiger partial charge in [0.05, 0.1) is 13.2 Å². The third-order valence-corrected chi connectivity index (χ3v) is 3.82. The molecule has 3 N–H and O–H groups in total. The molecule has 0 aliphatic heterocycles. The van der Waals surface area contributed by atoms with Crippen molar-refractivity contribution < 1.29 is 9.53 Å². The van der Waals surface area contributed by atoms with Crippen molar-refractivity contribution in [3.8, 4) is 0 Å². The number of carbonyl (C=O) groups is 1. The smallest absolute Gasteiger partial charge is 0.239 e. The molecule has 1 heterocycles. The highest BCUT2D eigenvalue weighted by Gasteiger charge is 2.03. The number of rotatable bonds is 9. The summed E-state index contributed by atoms with van der Waals surface area (Å²) in [7, 11) is 3.30. The zero-order chi connectivity index (χ0) is 17.9. The third kappa shape index (κ3) is 6.11. The number of aromatic nitrogens is 1. The molecule has 0 saturated heterocycles. The first-order valence-electron chi connectivity index (χ1n) is 8.48. The standard InChI is InChI=1S/C18H27N5O2/c1-19-18(22-14-17(24)20-10-13-25-2)21-9-5-11-23-12-8-15-6-3-4-7-16(15)23/h3-4,6-8,12H,5,9-11,13-14H2,1-2H3,(H,20,24)(H2,19,21,22). The van der Waals surface area contributed by atoms with Crippen LogP contribution in [0.2, 0.25) is 0 Å². The number of para-hydroxylation sites is 1. The van der Waals surface area contributed by atoms with Crippen LogP contribution in [0.4, 0.5) is 0 Å². The lowest BCUT2D eigenvalue weighted by Crippen LogP contribution is -2.44. The minimum atomic E-state index is -0.0844. The summed E-state index contributed by atoms with van der Waals surface area (Å²) in [5, 5.41) is 10.2. The number of aliphatic imine (C=N–C) groups is 1. The van der Waals surface area contributed by atoms with Crippen LogP contribution < -0.4 is 16.0 Å². The normalized spacial score (nSPS) is 11.5. The molecule has 2 aromatic rings. The molecular weight excluding hydrogens is 318 g/mol. The highest BCUT2D eigenvalue weighted by Crippen LogP contribution is 2.15. The molecule has 0 fully saturated rings. The lowest BCUT2D eigenvalue weighted by Gasteiger charge is -2.12. The van der Waals surface area contributed by atoms with Crippen LogP contribution >= 0.6 is 0 Å². The summed E-state index contributed by atoms with van der Waals surface area (Å²) in [6, 6.07) is 10.5. The van der Waals surface area contributed by atoms with Gasteiger partial charge in [0.15, 0.2) is 5.96 Å². The van der Waals surface area contributed by atoms with Crippen LogP contribution in [0.3, 0.4) is 0 Å². The summed E-state index contributed by atoms with van der Waals surface area (Å²) in [6.45, 7) is 2.90. The fourth-order valence-corrected chi connectivity index (χ4v) is 2.53. The minimum absolute atomic E-state index is 0.0844. The number of hydrogen-bond acceptors (Lipinski definition) is 3. The molecule has 0 saturated carbocycles. The molecule has 0 unspecified atom stereocenters. The highest BCUT2D eigenvalue weighted by molar-refractivity contribution is 5.86. The van der Waals surface area contributed by atoms with E-state index in [1.807, 2.05) is 0 Å². The number of fused-ring (bicyclic) bond motifs is 1. The van der Waals surface area contributed by atoms with Crippen LogP contribution in [-0.2, 0) is 16.1 Å². The summed E-state index contributed by atoms with van der Waals surface area (Å²) >= 11 is 0. The van der Waals surface area contributed by atoms with Gasteiger partial charge in [0, 0.05) is 45.5 Å². The number of benzene rings is 1. The van der Waals surface area contributed by atoms with E-state index in [0.29, 0.717) is 19.1 Å². The zero-order valence-corrected chi connectivity index (χ0v) is 14.9. The Labute approximate surface area is 148 Å². The summed E-state index contributed by atoms with van der Waals surface area (Å²) in [6.07, 6.45) is 3.07. The summed E-state index contributed by atoms with van der Waals surface area (Å²) in [5.41, 5.74) is 1.25. The van der Waals surface area contributed by atoms with Crippen LogP contribution in [-0.4, -0.2) is 56.8 Å². The van der Waals surface area contributed by atoms with Crippen molar-refractivity contribution in [3.05, 3.63) is 36.5 Å². The van der Waals surface area contributed by atoms with Crippen LogP contribution in [0.5, 0.6) is 0 Å². The maximum absolute atomic E-state index is 11.6. The number of ether oxygens (including phenoxy) is 1. The zero-order valence-electron chi connectivity index (χ0n) is 14.9. The average molecular weight is 345 g/mol. The number of nitrogens with one attached hydrogen (secondary N) is 3. The second-order valence-electron chi connectivity index (χ2n) is 5.62. The monoisotopic (exact) mass is 345 g/mol. The molecule has 136 valence electrons. The van der Waals surface area contributed by atoms with Gasteiger partial charge in [-0.05, 0) is 23.9 Å². The Morgan fingerprint density at radius 2 is 2.00 bits per heavy atom. The Bertz CT molecular complexity index is 696. The third-order valence-electron chi connectivity index (χ3n) is 3.82. The predicted molar refractivity (Wildman–Crippen MR) is 101 cm³/mol. The fourth-order valence-electron chi connectivity index (χ4n) is 2.53. The van der Waals surface area contributed by atoms with Crippen molar-refractivity contribution in [2.24, 2.45) is 4.99 Å². The van der Waals surface area contributed by atoms with E-state index in [2.05, 4.69) is 62.0 Å². The highest BCUT2D eigenvalue weighted by atomic mass is 16.5. The molecule has 0 aliphatic rings. The van der Waals surface area contributed by atoms with Crippen molar-refractivity contribution in [2.45, 2.75) is 13.0 Å². The van der Waals surface area contributed by atoms with Gasteiger partial charge in [0.2, 0.25) is 5.91 Å². The molecule has 0 bridgehead atoms. The molecule has 1 amide bonds. The van der Waals surface area contributed by atoms with Gasteiger partial charge < -0.3 is 25.3 Å². The SMILES string of the molecule is CN=C(NCCCn1ccc2ccccc21)NCC(=O)NCCOC. The van der Waals surface area contributed by atoms with Gasteiger partial charge >= 0.3 is 0 Å². The van der Waals surface area contributed by atoms with E-state index < -0.39 is 0 Å². The number of amides is 1. The number of hydrogen-bond donors (Lipinski definition) is 3. The van der Waals surface area contributed by atoms with E-state index in [1.54, 1.807) is 14.2 Å². The summed E-state index contributed by atoms with van der Waals surface area (Å²) < 4.78 is 7.14. The van der Waals surface area contributed by atoms with Gasteiger partial charge in [-0.1, -0.05) is 18.2 Å². The molecular formula is C18H27N5O2. The topological polar surface area (TPSA) is 79.7 Å². The van der Waals surface area contributed by atoms with E-state index >= 15 is 0 Å². The maximum atomic E-state index is 11.6. The van der Waals surface area contributed by atoms with Crippen molar-refractivity contribution in [1.82, 2.24) is 20.5 Å². The largest absolute Gasteiger partial charge is 0.383 e. The molecule has 1 aromatic carbocycles. The molecule has 2 rings (SSSR count). The second-order valence-corrected chi connectivity index (χ2v) is 5.62. The average Bonchev–Trinajstić information content (AvgIpc) is 3.04. The molecule has 25 heavy (non-hydrogen) atoms. The number of methoxy groups -OCH3 is 1. The van der Waals surface area contributed by atoms with Gasteiger partial charge in [-0.25, -0.2) is 0 Å². The van der Waals surface area contributed by atoms with Crippen LogP contribution in [0.1, 0.15) is 6.42 Å². The van der Waals surface area contributed by atoms with E-state index in [-0.39, 0.29) is 12.5 Å². The Balaban J connectivity index is 1.66. The maximum Gasteiger partial charge on any atom is 0.239 e. The lowest BCUT2D eigenvalue weighted by atomic mass is 10.2. The van der Waals surface area contributed by atoms with Gasteiger partial charge in [-0.2, -0.15) is 0 Å². The van der Waals surface area contributed by atoms with Crippen molar-refractivity contribution >= 4 is 22.8 Å². The molecule has 0 spiro atoms. The number of aryl methyl sites for hydroxylation is 1. The summed E-state index contributed by atoms with van der Waals surface area (Å²) in [4.78, 5) is 15.8. The first-order valence-corrected chi connectivity index (χ1v) is 8.48. The Morgan fingerprint density at radius 1 is 1.16 bits per heavy atom. The quantitative estimate of drug-likeness (QED) is 0.359. The lowest BCUT2D eigenvalue weighted by molar-refractivity contribution is -0.120. The van der Waals surface area contributed by atoms with E-state index in [4.69, 9.17) is 4.74 Å². The van der Waals surface area contributed by atoms with Crippen molar-refractivity contribution in [3.63, 3.8) is 0 Å². The van der Waals surface area contributed by atoms with Gasteiger partial charge in [0.1, 0.15) is 0 Å². The molecule has 0 atom stereocenters. The first kappa shape index (κ1) is 18.8. The van der Waals surface area contributed by atoms with Crippen LogP contribution in [0, 0.1) is 0 Å². The second kappa shape index (κ2) is 10.4. The number of guanidine groups is 1. The van der Waals surface area contributed by atoms with Gasteiger partial charge in [-0.3, -0.25) is 9.79 Å². The van der Waals surface area contributed by atoms with E-state index in [1.165, 1.54) is 10.9 Å². The molecule has 7 nitrogen and oxygen atoms in total. The fraction of sp³-hybridized carbons (Fsp3) is 0.444. The molecule has 0 radical (unpaired) electrons. The van der Waals surface area contributed by atoms with E-state index in [0.717, 1.165) is 19.5 Å². The molecule has 1 aromatic heterocycles. The Morgan fingerprint density at radius 3 is 2.80 bits per heavy atom. The predicted octanol–water partition coefficient (Wildman–Crippen LogP) is 0.959. The first-order chi connectivity index (χ1) is 12.2.